The molecule has 0 aromatic heterocycles. The van der Waals surface area contributed by atoms with Crippen LogP contribution in [0.1, 0.15) is 41.0 Å². The first-order valence-electron chi connectivity index (χ1n) is 6.98. The molecule has 122 valence electrons. The lowest BCUT2D eigenvalue weighted by Gasteiger charge is -2.21. The number of ether oxygens (including phenoxy) is 1. The molecule has 21 heavy (non-hydrogen) atoms. The minimum Gasteiger partial charge on any atom is -0.468 e. The van der Waals surface area contributed by atoms with Crippen LogP contribution in [0.3, 0.4) is 0 Å². The fraction of sp³-hybridized carbons (Fsp3) is 0.786. The molecule has 1 atom stereocenters. The van der Waals surface area contributed by atoms with Gasteiger partial charge in [0.15, 0.2) is 0 Å². The Morgan fingerprint density at radius 1 is 1.14 bits per heavy atom. The van der Waals surface area contributed by atoms with Crippen molar-refractivity contribution in [2.75, 3.05) is 13.7 Å². The van der Waals surface area contributed by atoms with E-state index in [1.165, 1.54) is 7.11 Å². The number of carbonyl (C=O) groups is 3. The topological polar surface area (TPSA) is 96.5 Å². The third-order valence-electron chi connectivity index (χ3n) is 2.44. The van der Waals surface area contributed by atoms with Crippen molar-refractivity contribution in [2.24, 2.45) is 5.92 Å². The highest BCUT2D eigenvalue weighted by Gasteiger charge is 2.21. The third kappa shape index (κ3) is 9.84. The van der Waals surface area contributed by atoms with Crippen molar-refractivity contribution in [3.05, 3.63) is 0 Å². The first kappa shape index (κ1) is 19.4. The van der Waals surface area contributed by atoms with Crippen LogP contribution in [0, 0.1) is 5.92 Å². The van der Waals surface area contributed by atoms with Crippen LogP contribution < -0.4 is 16.0 Å². The molecule has 0 fully saturated rings. The molecular formula is C14H27N3O4. The van der Waals surface area contributed by atoms with Gasteiger partial charge in [0.2, 0.25) is 5.91 Å². The van der Waals surface area contributed by atoms with Gasteiger partial charge < -0.3 is 10.1 Å². The number of rotatable bonds is 6. The molecule has 0 saturated heterocycles. The van der Waals surface area contributed by atoms with Gasteiger partial charge in [-0.2, -0.15) is 0 Å². The van der Waals surface area contributed by atoms with Gasteiger partial charge >= 0.3 is 12.0 Å². The van der Waals surface area contributed by atoms with Crippen LogP contribution in [0.15, 0.2) is 0 Å². The summed E-state index contributed by atoms with van der Waals surface area (Å²) in [6, 6.07) is -1.13. The second kappa shape index (κ2) is 8.61. The van der Waals surface area contributed by atoms with Gasteiger partial charge in [-0.15, -0.1) is 0 Å². The van der Waals surface area contributed by atoms with Gasteiger partial charge in [0.25, 0.3) is 0 Å². The summed E-state index contributed by atoms with van der Waals surface area (Å²) >= 11 is 0. The van der Waals surface area contributed by atoms with Crippen LogP contribution in [0.4, 0.5) is 4.79 Å². The van der Waals surface area contributed by atoms with Crippen molar-refractivity contribution in [2.45, 2.75) is 52.6 Å². The summed E-state index contributed by atoms with van der Waals surface area (Å²) in [5.74, 6) is -0.654. The number of hydrogen-bond acceptors (Lipinski definition) is 5. The van der Waals surface area contributed by atoms with Crippen molar-refractivity contribution in [1.29, 1.82) is 0 Å². The second-order valence-electron chi connectivity index (χ2n) is 6.34. The largest absolute Gasteiger partial charge is 0.468 e. The van der Waals surface area contributed by atoms with Gasteiger partial charge in [-0.1, -0.05) is 13.8 Å². The Morgan fingerprint density at radius 3 is 2.14 bits per heavy atom. The SMILES string of the molecule is COC(=O)C(CC(C)C)NCC(=O)NC(=O)NC(C)(C)C. The Balaban J connectivity index is 4.30. The number of nitrogens with one attached hydrogen (secondary N) is 3. The number of amides is 3. The van der Waals surface area contributed by atoms with E-state index in [0.29, 0.717) is 6.42 Å². The third-order valence-corrected chi connectivity index (χ3v) is 2.44. The van der Waals surface area contributed by atoms with Crippen molar-refractivity contribution >= 4 is 17.9 Å². The van der Waals surface area contributed by atoms with Crippen molar-refractivity contribution < 1.29 is 19.1 Å². The standard InChI is InChI=1S/C14H27N3O4/c1-9(2)7-10(12(19)21-6)15-8-11(18)16-13(20)17-14(3,4)5/h9-10,15H,7-8H2,1-6H3,(H2,16,17,18,20). The molecule has 3 amide bonds. The molecule has 0 aromatic rings. The summed E-state index contributed by atoms with van der Waals surface area (Å²) in [6.45, 7) is 9.23. The lowest BCUT2D eigenvalue weighted by molar-refractivity contribution is -0.143. The minimum atomic E-state index is -0.563. The Hall–Kier alpha value is -1.63. The average molecular weight is 301 g/mol. The van der Waals surface area contributed by atoms with E-state index in [0.717, 1.165) is 0 Å². The Morgan fingerprint density at radius 2 is 1.71 bits per heavy atom. The van der Waals surface area contributed by atoms with Gasteiger partial charge in [-0.3, -0.25) is 20.2 Å². The molecule has 3 N–H and O–H groups in total. The summed E-state index contributed by atoms with van der Waals surface area (Å²) < 4.78 is 4.68. The molecule has 0 aromatic carbocycles. The van der Waals surface area contributed by atoms with E-state index in [-0.39, 0.29) is 12.5 Å². The fourth-order valence-electron chi connectivity index (χ4n) is 1.64. The number of carbonyl (C=O) groups excluding carboxylic acids is 3. The van der Waals surface area contributed by atoms with E-state index >= 15 is 0 Å². The van der Waals surface area contributed by atoms with E-state index < -0.39 is 29.5 Å². The zero-order valence-corrected chi connectivity index (χ0v) is 13.7. The van der Waals surface area contributed by atoms with E-state index in [1.807, 2.05) is 34.6 Å². The number of imide groups is 1. The van der Waals surface area contributed by atoms with Gasteiger partial charge in [0.05, 0.1) is 13.7 Å². The number of methoxy groups -OCH3 is 1. The first-order valence-corrected chi connectivity index (χ1v) is 6.98. The Labute approximate surface area is 126 Å². The van der Waals surface area contributed by atoms with Crippen molar-refractivity contribution in [3.63, 3.8) is 0 Å². The maximum Gasteiger partial charge on any atom is 0.322 e. The lowest BCUT2D eigenvalue weighted by atomic mass is 10.0. The molecule has 0 radical (unpaired) electrons. The van der Waals surface area contributed by atoms with Gasteiger partial charge in [0, 0.05) is 5.54 Å². The predicted octanol–water partition coefficient (Wildman–Crippen LogP) is 0.788. The number of esters is 1. The van der Waals surface area contributed by atoms with Crippen LogP contribution >= 0.6 is 0 Å². The van der Waals surface area contributed by atoms with E-state index in [4.69, 9.17) is 0 Å². The normalized spacial score (nSPS) is 12.7. The quantitative estimate of drug-likeness (QED) is 0.630. The highest BCUT2D eigenvalue weighted by atomic mass is 16.5. The van der Waals surface area contributed by atoms with Gasteiger partial charge in [-0.05, 0) is 33.1 Å². The van der Waals surface area contributed by atoms with Crippen molar-refractivity contribution in [1.82, 2.24) is 16.0 Å². The van der Waals surface area contributed by atoms with E-state index in [9.17, 15) is 14.4 Å². The molecule has 7 nitrogen and oxygen atoms in total. The predicted molar refractivity (Wildman–Crippen MR) is 79.7 cm³/mol. The highest BCUT2D eigenvalue weighted by Crippen LogP contribution is 2.05. The van der Waals surface area contributed by atoms with Crippen LogP contribution in [0.2, 0.25) is 0 Å². The smallest absolute Gasteiger partial charge is 0.322 e. The molecule has 0 aliphatic carbocycles. The second-order valence-corrected chi connectivity index (χ2v) is 6.34. The maximum absolute atomic E-state index is 11.7. The van der Waals surface area contributed by atoms with Crippen LogP contribution in [-0.2, 0) is 14.3 Å². The molecule has 1 unspecified atom stereocenters. The summed E-state index contributed by atoms with van der Waals surface area (Å²) in [5.41, 5.74) is -0.427. The Bertz CT molecular complexity index is 375. The molecule has 0 heterocycles. The number of urea groups is 1. The van der Waals surface area contributed by atoms with Gasteiger partial charge in [-0.25, -0.2) is 4.79 Å². The molecule has 0 aliphatic rings. The minimum absolute atomic E-state index is 0.135. The molecule has 0 rings (SSSR count). The molecule has 0 spiro atoms. The zero-order chi connectivity index (χ0) is 16.6. The average Bonchev–Trinajstić information content (AvgIpc) is 2.30. The summed E-state index contributed by atoms with van der Waals surface area (Å²) in [6.07, 6.45) is 0.550. The first-order chi connectivity index (χ1) is 9.55. The summed E-state index contributed by atoms with van der Waals surface area (Å²) in [7, 11) is 1.30. The monoisotopic (exact) mass is 301 g/mol. The maximum atomic E-state index is 11.7. The highest BCUT2D eigenvalue weighted by molar-refractivity contribution is 5.95. The van der Waals surface area contributed by atoms with Crippen LogP contribution in [0.25, 0.3) is 0 Å². The van der Waals surface area contributed by atoms with E-state index in [1.54, 1.807) is 0 Å². The van der Waals surface area contributed by atoms with Gasteiger partial charge in [0.1, 0.15) is 6.04 Å². The lowest BCUT2D eigenvalue weighted by Crippen LogP contribution is -2.51. The molecule has 7 heteroatoms. The number of hydrogen-bond donors (Lipinski definition) is 3. The Kier molecular flexibility index (Phi) is 7.94. The molecule has 0 aliphatic heterocycles. The zero-order valence-electron chi connectivity index (χ0n) is 13.7. The molecular weight excluding hydrogens is 274 g/mol. The molecule has 0 saturated carbocycles. The van der Waals surface area contributed by atoms with Crippen molar-refractivity contribution in [3.8, 4) is 0 Å². The van der Waals surface area contributed by atoms with Crippen LogP contribution in [-0.4, -0.2) is 43.1 Å². The van der Waals surface area contributed by atoms with E-state index in [2.05, 4.69) is 20.7 Å². The summed E-state index contributed by atoms with van der Waals surface area (Å²) in [5, 5.41) is 7.62. The summed E-state index contributed by atoms with van der Waals surface area (Å²) in [4.78, 5) is 34.7. The fourth-order valence-corrected chi connectivity index (χ4v) is 1.64. The molecule has 0 bridgehead atoms. The van der Waals surface area contributed by atoms with Crippen LogP contribution in [0.5, 0.6) is 0 Å².